The molecule has 106 valence electrons. The van der Waals surface area contributed by atoms with Crippen LogP contribution in [0.25, 0.3) is 0 Å². The highest BCUT2D eigenvalue weighted by molar-refractivity contribution is 5.46. The first-order chi connectivity index (χ1) is 9.38. The summed E-state index contributed by atoms with van der Waals surface area (Å²) >= 11 is 0. The van der Waals surface area contributed by atoms with Crippen LogP contribution in [0.4, 0.5) is 0 Å². The third-order valence-electron chi connectivity index (χ3n) is 3.97. The molecular weight excluding hydrogens is 246 g/mol. The molecule has 0 aliphatic carbocycles. The smallest absolute Gasteiger partial charge is 0.127 e. The summed E-state index contributed by atoms with van der Waals surface area (Å²) in [6.07, 6.45) is 0. The highest BCUT2D eigenvalue weighted by atomic mass is 16.3. The molecule has 0 saturated carbocycles. The largest absolute Gasteiger partial charge is 0.379 e. The van der Waals surface area contributed by atoms with Crippen molar-refractivity contribution in [3.05, 3.63) is 69.8 Å². The fraction of sp³-hybridized carbons (Fsp3) is 0.333. The molecule has 0 spiro atoms. The maximum absolute atomic E-state index is 11.2. The second kappa shape index (κ2) is 5.39. The Morgan fingerprint density at radius 1 is 0.850 bits per heavy atom. The molecule has 0 atom stereocenters. The van der Waals surface area contributed by atoms with Crippen LogP contribution in [-0.4, -0.2) is 11.7 Å². The average Bonchev–Trinajstić information content (AvgIpc) is 2.43. The van der Waals surface area contributed by atoms with E-state index < -0.39 is 5.60 Å². The molecule has 0 saturated heterocycles. The van der Waals surface area contributed by atoms with Crippen molar-refractivity contribution in [2.75, 3.05) is 6.54 Å². The van der Waals surface area contributed by atoms with Gasteiger partial charge in [-0.25, -0.2) is 0 Å². The molecule has 0 bridgehead atoms. The highest BCUT2D eigenvalue weighted by Gasteiger charge is 2.33. The summed E-state index contributed by atoms with van der Waals surface area (Å²) in [5, 5.41) is 11.2. The molecule has 0 amide bonds. The lowest BCUT2D eigenvalue weighted by molar-refractivity contribution is 0.0887. The van der Waals surface area contributed by atoms with Gasteiger partial charge in [0.1, 0.15) is 5.60 Å². The molecular formula is C18H23NO. The Kier molecular flexibility index (Phi) is 3.98. The van der Waals surface area contributed by atoms with Gasteiger partial charge in [-0.1, -0.05) is 47.5 Å². The summed E-state index contributed by atoms with van der Waals surface area (Å²) in [4.78, 5) is 0. The van der Waals surface area contributed by atoms with Crippen molar-refractivity contribution in [1.82, 2.24) is 0 Å². The van der Waals surface area contributed by atoms with Gasteiger partial charge in [0.15, 0.2) is 0 Å². The zero-order chi connectivity index (χ0) is 14.9. The van der Waals surface area contributed by atoms with E-state index in [0.29, 0.717) is 0 Å². The van der Waals surface area contributed by atoms with Gasteiger partial charge in [0, 0.05) is 6.54 Å². The third-order valence-corrected chi connectivity index (χ3v) is 3.97. The zero-order valence-corrected chi connectivity index (χ0v) is 12.7. The lowest BCUT2D eigenvalue weighted by Gasteiger charge is -2.31. The Hall–Kier alpha value is -1.64. The molecule has 20 heavy (non-hydrogen) atoms. The van der Waals surface area contributed by atoms with Crippen LogP contribution in [0.2, 0.25) is 0 Å². The number of hydrogen-bond donors (Lipinski definition) is 2. The first kappa shape index (κ1) is 14.8. The predicted molar refractivity (Wildman–Crippen MR) is 83.9 cm³/mol. The van der Waals surface area contributed by atoms with Gasteiger partial charge in [0.05, 0.1) is 0 Å². The molecule has 0 heterocycles. The molecule has 3 N–H and O–H groups in total. The van der Waals surface area contributed by atoms with Gasteiger partial charge in [0.2, 0.25) is 0 Å². The molecule has 2 nitrogen and oxygen atoms in total. The molecule has 0 aliphatic rings. The molecule has 2 heteroatoms. The molecule has 0 radical (unpaired) electrons. The maximum atomic E-state index is 11.2. The van der Waals surface area contributed by atoms with Crippen molar-refractivity contribution >= 4 is 0 Å². The Morgan fingerprint density at radius 2 is 1.25 bits per heavy atom. The van der Waals surface area contributed by atoms with Crippen LogP contribution in [-0.2, 0) is 5.60 Å². The number of nitrogens with two attached hydrogens (primary N) is 1. The summed E-state index contributed by atoms with van der Waals surface area (Å²) in [6.45, 7) is 8.26. The topological polar surface area (TPSA) is 46.2 Å². The number of hydrogen-bond acceptors (Lipinski definition) is 2. The highest BCUT2D eigenvalue weighted by Crippen LogP contribution is 2.34. The van der Waals surface area contributed by atoms with Crippen LogP contribution in [0.15, 0.2) is 36.4 Å². The van der Waals surface area contributed by atoms with Crippen molar-refractivity contribution in [2.24, 2.45) is 5.73 Å². The monoisotopic (exact) mass is 269 g/mol. The van der Waals surface area contributed by atoms with E-state index in [4.69, 9.17) is 5.73 Å². The van der Waals surface area contributed by atoms with Gasteiger partial charge in [-0.05, 0) is 49.9 Å². The van der Waals surface area contributed by atoms with Crippen molar-refractivity contribution in [2.45, 2.75) is 33.3 Å². The molecule has 0 unspecified atom stereocenters. The average molecular weight is 269 g/mol. The quantitative estimate of drug-likeness (QED) is 0.899. The Balaban J connectivity index is 2.70. The summed E-state index contributed by atoms with van der Waals surface area (Å²) in [6, 6.07) is 12.2. The van der Waals surface area contributed by atoms with Crippen molar-refractivity contribution in [3.63, 3.8) is 0 Å². The molecule has 2 rings (SSSR count). The molecule has 0 fully saturated rings. The normalized spacial score (nSPS) is 11.7. The van der Waals surface area contributed by atoms with Crippen LogP contribution >= 0.6 is 0 Å². The van der Waals surface area contributed by atoms with E-state index in [1.807, 2.05) is 52.0 Å². The van der Waals surface area contributed by atoms with E-state index in [9.17, 15) is 5.11 Å². The van der Waals surface area contributed by atoms with E-state index in [-0.39, 0.29) is 6.54 Å². The number of benzene rings is 2. The van der Waals surface area contributed by atoms with Crippen molar-refractivity contribution in [1.29, 1.82) is 0 Å². The first-order valence-electron chi connectivity index (χ1n) is 6.96. The summed E-state index contributed by atoms with van der Waals surface area (Å²) < 4.78 is 0. The fourth-order valence-corrected chi connectivity index (χ4v) is 2.73. The van der Waals surface area contributed by atoms with Gasteiger partial charge in [-0.3, -0.25) is 0 Å². The number of rotatable bonds is 3. The van der Waals surface area contributed by atoms with E-state index in [1.165, 1.54) is 0 Å². The van der Waals surface area contributed by atoms with Crippen LogP contribution in [0.1, 0.15) is 33.4 Å². The summed E-state index contributed by atoms with van der Waals surface area (Å²) in [7, 11) is 0. The molecule has 0 aromatic heterocycles. The lowest BCUT2D eigenvalue weighted by Crippen LogP contribution is -2.37. The SMILES string of the molecule is Cc1ccc(C)c(C(O)(CN)c2cc(C)ccc2C)c1. The summed E-state index contributed by atoms with van der Waals surface area (Å²) in [5.74, 6) is 0. The molecule has 2 aromatic rings. The Bertz CT molecular complexity index is 580. The van der Waals surface area contributed by atoms with E-state index >= 15 is 0 Å². The van der Waals surface area contributed by atoms with Crippen LogP contribution in [0.3, 0.4) is 0 Å². The lowest BCUT2D eigenvalue weighted by atomic mass is 9.81. The zero-order valence-electron chi connectivity index (χ0n) is 12.7. The minimum Gasteiger partial charge on any atom is -0.379 e. The van der Waals surface area contributed by atoms with E-state index in [1.54, 1.807) is 0 Å². The van der Waals surface area contributed by atoms with Crippen LogP contribution in [0, 0.1) is 27.7 Å². The van der Waals surface area contributed by atoms with Crippen molar-refractivity contribution < 1.29 is 5.11 Å². The maximum Gasteiger partial charge on any atom is 0.127 e. The van der Waals surface area contributed by atoms with Gasteiger partial charge >= 0.3 is 0 Å². The minimum atomic E-state index is -1.13. The van der Waals surface area contributed by atoms with Gasteiger partial charge < -0.3 is 10.8 Å². The second-order valence-corrected chi connectivity index (χ2v) is 5.70. The first-order valence-corrected chi connectivity index (χ1v) is 6.96. The third kappa shape index (κ3) is 2.49. The van der Waals surface area contributed by atoms with Crippen LogP contribution < -0.4 is 5.73 Å². The standard InChI is InChI=1S/C18H23NO/c1-12-5-7-14(3)16(9-12)18(20,11-19)17-10-13(2)6-8-15(17)4/h5-10,20H,11,19H2,1-4H3. The van der Waals surface area contributed by atoms with Gasteiger partial charge in [-0.2, -0.15) is 0 Å². The Morgan fingerprint density at radius 3 is 1.60 bits per heavy atom. The second-order valence-electron chi connectivity index (χ2n) is 5.70. The molecule has 2 aromatic carbocycles. The fourth-order valence-electron chi connectivity index (χ4n) is 2.73. The molecule has 0 aliphatic heterocycles. The predicted octanol–water partition coefficient (Wildman–Crippen LogP) is 3.11. The van der Waals surface area contributed by atoms with E-state index in [0.717, 1.165) is 33.4 Å². The number of aliphatic hydroxyl groups is 1. The Labute approximate surface area is 121 Å². The van der Waals surface area contributed by atoms with Gasteiger partial charge in [-0.15, -0.1) is 0 Å². The van der Waals surface area contributed by atoms with Crippen LogP contribution in [0.5, 0.6) is 0 Å². The minimum absolute atomic E-state index is 0.168. The van der Waals surface area contributed by atoms with Crippen molar-refractivity contribution in [3.8, 4) is 0 Å². The number of aryl methyl sites for hydroxylation is 4. The van der Waals surface area contributed by atoms with E-state index in [2.05, 4.69) is 12.1 Å². The summed E-state index contributed by atoms with van der Waals surface area (Å²) in [5.41, 5.74) is 11.0. The van der Waals surface area contributed by atoms with Gasteiger partial charge in [0.25, 0.3) is 0 Å².